The number of carbonyl (C=O) groups is 2. The molecule has 2 amide bonds. The zero-order chi connectivity index (χ0) is 24.7. The van der Waals surface area contributed by atoms with Crippen molar-refractivity contribution in [3.8, 4) is 5.75 Å². The maximum absolute atomic E-state index is 15.1. The van der Waals surface area contributed by atoms with E-state index in [1.54, 1.807) is 13.2 Å². The van der Waals surface area contributed by atoms with Crippen LogP contribution in [0.4, 0.5) is 8.78 Å². The summed E-state index contributed by atoms with van der Waals surface area (Å²) in [5.41, 5.74) is 1.35. The molecule has 2 aromatic rings. The van der Waals surface area contributed by atoms with Gasteiger partial charge < -0.3 is 24.8 Å². The van der Waals surface area contributed by atoms with Gasteiger partial charge in [0.2, 0.25) is 0 Å². The highest BCUT2D eigenvalue weighted by Crippen LogP contribution is 2.35. The first kappa shape index (κ1) is 25.6. The lowest BCUT2D eigenvalue weighted by Gasteiger charge is -2.16. The number of benzene rings is 2. The van der Waals surface area contributed by atoms with Gasteiger partial charge in [0.15, 0.2) is 0 Å². The summed E-state index contributed by atoms with van der Waals surface area (Å²) in [7, 11) is 3.08. The Balaban J connectivity index is 1.82. The molecule has 2 N–H and O–H groups in total. The van der Waals surface area contributed by atoms with Crippen LogP contribution in [0.25, 0.3) is 0 Å². The summed E-state index contributed by atoms with van der Waals surface area (Å²) < 4.78 is 45.3. The molecule has 1 aliphatic heterocycles. The molecule has 1 atom stereocenters. The lowest BCUT2D eigenvalue weighted by atomic mass is 9.96. The van der Waals surface area contributed by atoms with E-state index in [1.165, 1.54) is 25.3 Å². The van der Waals surface area contributed by atoms with Crippen molar-refractivity contribution >= 4 is 11.8 Å². The monoisotopic (exact) mass is 476 g/mol. The van der Waals surface area contributed by atoms with Crippen LogP contribution in [0.1, 0.15) is 50.8 Å². The number of carbonyl (C=O) groups excluding carboxylic acids is 2. The molecule has 0 spiro atoms. The van der Waals surface area contributed by atoms with Gasteiger partial charge in [-0.15, -0.1) is 0 Å². The highest BCUT2D eigenvalue weighted by Gasteiger charge is 2.27. The van der Waals surface area contributed by atoms with Crippen LogP contribution >= 0.6 is 0 Å². The number of halogens is 2. The minimum Gasteiger partial charge on any atom is -0.493 e. The molecule has 184 valence electrons. The molecule has 0 saturated heterocycles. The van der Waals surface area contributed by atoms with E-state index in [9.17, 15) is 14.0 Å². The molecule has 1 aliphatic rings. The second kappa shape index (κ2) is 11.9. The highest BCUT2D eigenvalue weighted by atomic mass is 19.1. The molecule has 0 radical (unpaired) electrons. The van der Waals surface area contributed by atoms with Gasteiger partial charge in [0.05, 0.1) is 24.3 Å². The van der Waals surface area contributed by atoms with Gasteiger partial charge in [-0.25, -0.2) is 8.78 Å². The van der Waals surface area contributed by atoms with E-state index in [1.807, 2.05) is 6.92 Å². The van der Waals surface area contributed by atoms with Gasteiger partial charge in [-0.2, -0.15) is 0 Å². The van der Waals surface area contributed by atoms with Crippen molar-refractivity contribution in [2.24, 2.45) is 0 Å². The highest BCUT2D eigenvalue weighted by molar-refractivity contribution is 5.96. The third-order valence-electron chi connectivity index (χ3n) is 5.63. The number of hydrogen-bond donors (Lipinski definition) is 2. The van der Waals surface area contributed by atoms with Crippen molar-refractivity contribution in [3.63, 3.8) is 0 Å². The third kappa shape index (κ3) is 6.09. The fourth-order valence-electron chi connectivity index (χ4n) is 3.82. The average molecular weight is 477 g/mol. The number of ether oxygens (including phenoxy) is 3. The van der Waals surface area contributed by atoms with E-state index in [0.717, 1.165) is 0 Å². The van der Waals surface area contributed by atoms with Gasteiger partial charge in [0.25, 0.3) is 11.8 Å². The smallest absolute Gasteiger partial charge is 0.254 e. The van der Waals surface area contributed by atoms with Crippen molar-refractivity contribution in [1.29, 1.82) is 0 Å². The van der Waals surface area contributed by atoms with Gasteiger partial charge in [0, 0.05) is 51.8 Å². The molecule has 1 heterocycles. The standard InChI is InChI=1S/C25H30F2N2O5/c1-15(6-9-32-2)29-25(31)20-14-17(23-19(22(20)27)7-10-34-23)12-16-4-5-18(21(26)13-16)24(30)28-8-11-33-3/h4-5,13-15H,6-12H2,1-3H3,(H,28,30)(H,29,31)/t15-/m1/s1. The lowest BCUT2D eigenvalue weighted by Crippen LogP contribution is -2.34. The first-order chi connectivity index (χ1) is 16.3. The van der Waals surface area contributed by atoms with Crippen LogP contribution in [-0.2, 0) is 22.3 Å². The zero-order valence-electron chi connectivity index (χ0n) is 19.6. The SMILES string of the molecule is COCCNC(=O)c1ccc(Cc2cc(C(=O)N[C@H](C)CCOC)c(F)c3c2OCC3)cc1F. The molecule has 0 saturated carbocycles. The number of amides is 2. The third-order valence-corrected chi connectivity index (χ3v) is 5.63. The van der Waals surface area contributed by atoms with Crippen LogP contribution in [0.2, 0.25) is 0 Å². The van der Waals surface area contributed by atoms with Crippen LogP contribution in [0.15, 0.2) is 24.3 Å². The molecule has 0 bridgehead atoms. The average Bonchev–Trinajstić information content (AvgIpc) is 3.30. The summed E-state index contributed by atoms with van der Waals surface area (Å²) in [6.07, 6.45) is 1.16. The Hall–Kier alpha value is -3.04. The Morgan fingerprint density at radius 2 is 1.85 bits per heavy atom. The van der Waals surface area contributed by atoms with Gasteiger partial charge in [-0.3, -0.25) is 9.59 Å². The molecule has 9 heteroatoms. The topological polar surface area (TPSA) is 85.9 Å². The van der Waals surface area contributed by atoms with Crippen molar-refractivity contribution in [2.45, 2.75) is 32.2 Å². The van der Waals surface area contributed by atoms with Crippen LogP contribution in [0, 0.1) is 11.6 Å². The van der Waals surface area contributed by atoms with Gasteiger partial charge in [-0.1, -0.05) is 6.07 Å². The fraction of sp³-hybridized carbons (Fsp3) is 0.440. The number of rotatable bonds is 11. The predicted octanol–water partition coefficient (Wildman–Crippen LogP) is 3.02. The molecule has 3 rings (SSSR count). The lowest BCUT2D eigenvalue weighted by molar-refractivity contribution is 0.0919. The van der Waals surface area contributed by atoms with Crippen LogP contribution in [0.5, 0.6) is 5.75 Å². The van der Waals surface area contributed by atoms with E-state index in [-0.39, 0.29) is 30.1 Å². The fourth-order valence-corrected chi connectivity index (χ4v) is 3.82. The van der Waals surface area contributed by atoms with E-state index >= 15 is 4.39 Å². The Labute approximate surface area is 197 Å². The normalized spacial score (nSPS) is 13.2. The minimum absolute atomic E-state index is 0.0712. The first-order valence-corrected chi connectivity index (χ1v) is 11.2. The molecule has 34 heavy (non-hydrogen) atoms. The number of fused-ring (bicyclic) bond motifs is 1. The molecular weight excluding hydrogens is 446 g/mol. The van der Waals surface area contributed by atoms with Crippen LogP contribution in [-0.4, -0.2) is 58.4 Å². The van der Waals surface area contributed by atoms with E-state index in [4.69, 9.17) is 14.2 Å². The summed E-state index contributed by atoms with van der Waals surface area (Å²) in [5, 5.41) is 5.37. The maximum Gasteiger partial charge on any atom is 0.254 e. The Bertz CT molecular complexity index is 1040. The Morgan fingerprint density at radius 1 is 1.09 bits per heavy atom. The van der Waals surface area contributed by atoms with E-state index in [0.29, 0.717) is 55.1 Å². The zero-order valence-corrected chi connectivity index (χ0v) is 19.6. The molecule has 7 nitrogen and oxygen atoms in total. The molecule has 0 aliphatic carbocycles. The second-order valence-electron chi connectivity index (χ2n) is 8.20. The van der Waals surface area contributed by atoms with Gasteiger partial charge in [0.1, 0.15) is 17.4 Å². The van der Waals surface area contributed by atoms with Crippen molar-refractivity contribution < 1.29 is 32.6 Å². The van der Waals surface area contributed by atoms with Gasteiger partial charge >= 0.3 is 0 Å². The molecule has 0 fully saturated rings. The van der Waals surface area contributed by atoms with Crippen LogP contribution in [0.3, 0.4) is 0 Å². The van der Waals surface area contributed by atoms with Crippen molar-refractivity contribution in [3.05, 3.63) is 63.7 Å². The molecule has 0 aromatic heterocycles. The largest absolute Gasteiger partial charge is 0.493 e. The summed E-state index contributed by atoms with van der Waals surface area (Å²) in [6.45, 7) is 3.19. The number of methoxy groups -OCH3 is 2. The number of nitrogens with one attached hydrogen (secondary N) is 2. The Kier molecular flexibility index (Phi) is 8.95. The van der Waals surface area contributed by atoms with Crippen LogP contribution < -0.4 is 15.4 Å². The van der Waals surface area contributed by atoms with E-state index in [2.05, 4.69) is 10.6 Å². The summed E-state index contributed by atoms with van der Waals surface area (Å²) in [6, 6.07) is 5.56. The summed E-state index contributed by atoms with van der Waals surface area (Å²) >= 11 is 0. The molecule has 2 aromatic carbocycles. The van der Waals surface area contributed by atoms with Crippen molar-refractivity contribution in [1.82, 2.24) is 10.6 Å². The minimum atomic E-state index is -0.669. The predicted molar refractivity (Wildman–Crippen MR) is 122 cm³/mol. The molecule has 0 unspecified atom stereocenters. The quantitative estimate of drug-likeness (QED) is 0.487. The molecular formula is C25H30F2N2O5. The van der Waals surface area contributed by atoms with Crippen molar-refractivity contribution in [2.75, 3.05) is 40.6 Å². The maximum atomic E-state index is 15.1. The number of hydrogen-bond acceptors (Lipinski definition) is 5. The van der Waals surface area contributed by atoms with Gasteiger partial charge in [-0.05, 0) is 42.7 Å². The Morgan fingerprint density at radius 3 is 2.56 bits per heavy atom. The summed E-state index contributed by atoms with van der Waals surface area (Å²) in [4.78, 5) is 24.9. The first-order valence-electron chi connectivity index (χ1n) is 11.2. The summed E-state index contributed by atoms with van der Waals surface area (Å²) in [5.74, 6) is -1.93. The van der Waals surface area contributed by atoms with E-state index < -0.39 is 23.4 Å². The second-order valence-corrected chi connectivity index (χ2v) is 8.20.